The number of hydrogen-bond donors (Lipinski definition) is 3. The Morgan fingerprint density at radius 2 is 0.691 bits per heavy atom. The van der Waals surface area contributed by atoms with Crippen LogP contribution in [0.3, 0.4) is 0 Å². The quantitative estimate of drug-likeness (QED) is 0.0321. The minimum Gasteiger partial charge on any atom is -0.466 e. The summed E-state index contributed by atoms with van der Waals surface area (Å²) in [6.07, 6.45) is 69.3. The molecular weight excluding hydrogens is 839 g/mol. The monoisotopic (exact) mass is 960 g/mol. The van der Waals surface area contributed by atoms with Gasteiger partial charge >= 0.3 is 5.97 Å². The van der Waals surface area contributed by atoms with E-state index in [2.05, 4.69) is 31.3 Å². The van der Waals surface area contributed by atoms with Crippen molar-refractivity contribution < 1.29 is 24.5 Å². The van der Waals surface area contributed by atoms with E-state index in [1.807, 2.05) is 0 Å². The van der Waals surface area contributed by atoms with E-state index in [1.54, 1.807) is 0 Å². The smallest absolute Gasteiger partial charge is 0.305 e. The largest absolute Gasteiger partial charge is 0.466 e. The van der Waals surface area contributed by atoms with Crippen LogP contribution < -0.4 is 5.32 Å². The van der Waals surface area contributed by atoms with Crippen LogP contribution in [0, 0.1) is 0 Å². The third-order valence-corrected chi connectivity index (χ3v) is 14.6. The minimum atomic E-state index is -0.666. The number of hydrogen-bond acceptors (Lipinski definition) is 5. The van der Waals surface area contributed by atoms with E-state index in [0.29, 0.717) is 25.9 Å². The molecule has 0 saturated heterocycles. The number of amides is 1. The van der Waals surface area contributed by atoms with Gasteiger partial charge in [0.15, 0.2) is 0 Å². The van der Waals surface area contributed by atoms with Gasteiger partial charge in [-0.15, -0.1) is 0 Å². The summed E-state index contributed by atoms with van der Waals surface area (Å²) in [4.78, 5) is 24.6. The molecule has 0 fully saturated rings. The van der Waals surface area contributed by atoms with Crippen LogP contribution in [-0.4, -0.2) is 47.4 Å². The van der Waals surface area contributed by atoms with E-state index >= 15 is 0 Å². The number of unbranched alkanes of at least 4 members (excludes halogenated alkanes) is 45. The number of carbonyl (C=O) groups excluding carboxylic acids is 2. The second kappa shape index (κ2) is 58.2. The number of allylic oxidation sites excluding steroid dienone is 2. The number of esters is 1. The topological polar surface area (TPSA) is 95.9 Å². The highest BCUT2D eigenvalue weighted by Crippen LogP contribution is 2.18. The first kappa shape index (κ1) is 66.6. The second-order valence-electron chi connectivity index (χ2n) is 21.4. The summed E-state index contributed by atoms with van der Waals surface area (Å²) in [5.74, 6) is -0.0329. The van der Waals surface area contributed by atoms with Gasteiger partial charge in [0.05, 0.1) is 25.4 Å². The maximum Gasteiger partial charge on any atom is 0.305 e. The van der Waals surface area contributed by atoms with Gasteiger partial charge in [-0.25, -0.2) is 0 Å². The third kappa shape index (κ3) is 53.9. The third-order valence-electron chi connectivity index (χ3n) is 14.6. The summed E-state index contributed by atoms with van der Waals surface area (Å²) in [5, 5.41) is 23.3. The van der Waals surface area contributed by atoms with Crippen molar-refractivity contribution in [2.75, 3.05) is 13.2 Å². The molecule has 2 atom stereocenters. The van der Waals surface area contributed by atoms with Crippen LogP contribution in [0.25, 0.3) is 0 Å². The highest BCUT2D eigenvalue weighted by atomic mass is 16.5. The Morgan fingerprint density at radius 3 is 1.04 bits per heavy atom. The van der Waals surface area contributed by atoms with Crippen molar-refractivity contribution in [1.82, 2.24) is 5.32 Å². The van der Waals surface area contributed by atoms with Crippen molar-refractivity contribution in [3.63, 3.8) is 0 Å². The van der Waals surface area contributed by atoms with Crippen LogP contribution in [0.15, 0.2) is 12.2 Å². The Morgan fingerprint density at radius 1 is 0.397 bits per heavy atom. The normalized spacial score (nSPS) is 12.6. The Labute approximate surface area is 425 Å². The molecule has 0 bridgehead atoms. The molecule has 0 spiro atoms. The predicted octanol–water partition coefficient (Wildman–Crippen LogP) is 19.2. The zero-order valence-electron chi connectivity index (χ0n) is 46.1. The van der Waals surface area contributed by atoms with Crippen LogP contribution >= 0.6 is 0 Å². The molecule has 0 aromatic carbocycles. The zero-order valence-corrected chi connectivity index (χ0v) is 46.1. The van der Waals surface area contributed by atoms with Gasteiger partial charge in [-0.1, -0.05) is 296 Å². The molecule has 0 aliphatic heterocycles. The van der Waals surface area contributed by atoms with Crippen LogP contribution in [0.1, 0.15) is 348 Å². The summed E-state index contributed by atoms with van der Waals surface area (Å²) in [5.41, 5.74) is 0. The second-order valence-corrected chi connectivity index (χ2v) is 21.4. The highest BCUT2D eigenvalue weighted by Gasteiger charge is 2.20. The zero-order chi connectivity index (χ0) is 49.3. The molecule has 0 rings (SSSR count). The number of aliphatic hydroxyl groups excluding tert-OH is 2. The van der Waals surface area contributed by atoms with Crippen molar-refractivity contribution in [2.24, 2.45) is 0 Å². The lowest BCUT2D eigenvalue weighted by Crippen LogP contribution is -2.45. The maximum absolute atomic E-state index is 12.5. The Hall–Kier alpha value is -1.40. The molecule has 0 aliphatic carbocycles. The maximum atomic E-state index is 12.5. The van der Waals surface area contributed by atoms with E-state index in [4.69, 9.17) is 4.74 Å². The van der Waals surface area contributed by atoms with E-state index < -0.39 is 12.1 Å². The lowest BCUT2D eigenvalue weighted by molar-refractivity contribution is -0.143. The van der Waals surface area contributed by atoms with Crippen LogP contribution in [0.5, 0.6) is 0 Å². The van der Waals surface area contributed by atoms with Crippen molar-refractivity contribution in [2.45, 2.75) is 360 Å². The molecule has 404 valence electrons. The molecule has 1 amide bonds. The molecule has 0 aromatic heterocycles. The summed E-state index contributed by atoms with van der Waals surface area (Å²) < 4.78 is 5.48. The van der Waals surface area contributed by atoms with Crippen molar-refractivity contribution >= 4 is 11.9 Å². The summed E-state index contributed by atoms with van der Waals surface area (Å²) in [6, 6.07) is -0.543. The average molecular weight is 961 g/mol. The first-order valence-corrected chi connectivity index (χ1v) is 30.9. The number of rotatable bonds is 58. The average Bonchev–Trinajstić information content (AvgIpc) is 3.34. The van der Waals surface area contributed by atoms with Gasteiger partial charge < -0.3 is 20.3 Å². The van der Waals surface area contributed by atoms with Gasteiger partial charge in [-0.2, -0.15) is 0 Å². The lowest BCUT2D eigenvalue weighted by atomic mass is 10.0. The van der Waals surface area contributed by atoms with Crippen molar-refractivity contribution in [3.05, 3.63) is 12.2 Å². The van der Waals surface area contributed by atoms with Gasteiger partial charge in [0.25, 0.3) is 0 Å². The molecule has 0 aromatic rings. The number of nitrogens with one attached hydrogen (secondary N) is 1. The molecule has 3 N–H and O–H groups in total. The Balaban J connectivity index is 3.39. The first-order valence-electron chi connectivity index (χ1n) is 30.9. The van der Waals surface area contributed by atoms with Gasteiger partial charge in [0, 0.05) is 12.8 Å². The van der Waals surface area contributed by atoms with Crippen LogP contribution in [0.4, 0.5) is 0 Å². The Bertz CT molecular complexity index is 1020. The molecule has 6 heteroatoms. The van der Waals surface area contributed by atoms with Gasteiger partial charge in [0.2, 0.25) is 5.91 Å². The standard InChI is InChI=1S/C62H121NO5/c1-3-5-7-9-11-13-15-17-19-23-27-30-34-38-42-46-50-54-60(65)59(58-64)63-61(66)55-51-47-43-39-35-31-28-24-21-20-22-25-29-33-37-41-45-49-53-57-68-62(67)56-52-48-44-40-36-32-26-18-16-14-12-10-8-6-4-2/h18,26,59-60,64-65H,3-17,19-25,27-58H2,1-2H3,(H,63,66)/b26-18-. The first-order chi connectivity index (χ1) is 33.5. The summed E-state index contributed by atoms with van der Waals surface area (Å²) in [6.45, 7) is 4.96. The number of ether oxygens (including phenoxy) is 1. The molecule has 68 heavy (non-hydrogen) atoms. The van der Waals surface area contributed by atoms with Gasteiger partial charge in [-0.05, 0) is 51.4 Å². The van der Waals surface area contributed by atoms with Gasteiger partial charge in [0.1, 0.15) is 0 Å². The van der Waals surface area contributed by atoms with E-state index in [-0.39, 0.29) is 18.5 Å². The molecule has 0 saturated carbocycles. The fraction of sp³-hybridized carbons (Fsp3) is 0.935. The minimum absolute atomic E-state index is 0.00199. The van der Waals surface area contributed by atoms with Crippen molar-refractivity contribution in [1.29, 1.82) is 0 Å². The molecule has 0 heterocycles. The summed E-state index contributed by atoms with van der Waals surface area (Å²) in [7, 11) is 0. The van der Waals surface area contributed by atoms with Crippen molar-refractivity contribution in [3.8, 4) is 0 Å². The van der Waals surface area contributed by atoms with Crippen LogP contribution in [0.2, 0.25) is 0 Å². The molecule has 0 aliphatic rings. The lowest BCUT2D eigenvalue weighted by Gasteiger charge is -2.22. The number of carbonyl (C=O) groups is 2. The SMILES string of the molecule is CCCCCCCC/C=C\CCCCCCCC(=O)OCCCCCCCCCCCCCCCCCCCCCC(=O)NC(CO)C(O)CCCCCCCCCCCCCCCCCCC. The molecular formula is C62H121NO5. The summed E-state index contributed by atoms with van der Waals surface area (Å²) >= 11 is 0. The Kier molecular flexibility index (Phi) is 57.0. The van der Waals surface area contributed by atoms with Crippen LogP contribution in [-0.2, 0) is 14.3 Å². The molecule has 0 radical (unpaired) electrons. The molecule has 2 unspecified atom stereocenters. The predicted molar refractivity (Wildman–Crippen MR) is 297 cm³/mol. The highest BCUT2D eigenvalue weighted by molar-refractivity contribution is 5.76. The van der Waals surface area contributed by atoms with E-state index in [9.17, 15) is 19.8 Å². The van der Waals surface area contributed by atoms with E-state index in [0.717, 1.165) is 44.9 Å². The molecule has 6 nitrogen and oxygen atoms in total. The number of aliphatic hydroxyl groups is 2. The fourth-order valence-electron chi connectivity index (χ4n) is 9.81. The van der Waals surface area contributed by atoms with E-state index in [1.165, 1.54) is 270 Å². The van der Waals surface area contributed by atoms with Gasteiger partial charge in [-0.3, -0.25) is 9.59 Å². The fourth-order valence-corrected chi connectivity index (χ4v) is 9.81.